The minimum absolute atomic E-state index is 0.295. The molecule has 7 nitrogen and oxygen atoms in total. The van der Waals surface area contributed by atoms with E-state index in [1.807, 2.05) is 0 Å². The predicted molar refractivity (Wildman–Crippen MR) is 56.4 cm³/mol. The van der Waals surface area contributed by atoms with Crippen LogP contribution in [0.2, 0.25) is 0 Å². The topological polar surface area (TPSA) is 122 Å². The third-order valence-corrected chi connectivity index (χ3v) is 1.62. The molecule has 0 aliphatic carbocycles. The highest BCUT2D eigenvalue weighted by molar-refractivity contribution is 5.88. The Balaban J connectivity index is 3.78. The Bertz CT molecular complexity index is 290. The smallest absolute Gasteiger partial charge is 0.322 e. The van der Waals surface area contributed by atoms with Gasteiger partial charge in [0.2, 0.25) is 11.8 Å². The molecule has 0 fully saturated rings. The lowest BCUT2D eigenvalue weighted by molar-refractivity contribution is -0.137. The van der Waals surface area contributed by atoms with Crippen LogP contribution in [-0.2, 0) is 14.4 Å². The average Bonchev–Trinajstić information content (AvgIpc) is 2.23. The second kappa shape index (κ2) is 7.41. The summed E-state index contributed by atoms with van der Waals surface area (Å²) in [6.45, 7) is 2.65. The van der Waals surface area contributed by atoms with Crippen molar-refractivity contribution in [1.29, 1.82) is 0 Å². The van der Waals surface area contributed by atoms with Gasteiger partial charge in [-0.3, -0.25) is 14.4 Å². The number of carboxylic acid groups (broad SMARTS) is 1. The molecule has 0 aromatic carbocycles. The summed E-state index contributed by atoms with van der Waals surface area (Å²) in [6.07, 6.45) is 1.80. The van der Waals surface area contributed by atoms with Gasteiger partial charge in [-0.2, -0.15) is 0 Å². The van der Waals surface area contributed by atoms with E-state index in [9.17, 15) is 14.4 Å². The monoisotopic (exact) mass is 229 g/mol. The van der Waals surface area contributed by atoms with Gasteiger partial charge in [0.15, 0.2) is 0 Å². The van der Waals surface area contributed by atoms with Gasteiger partial charge in [0.1, 0.15) is 6.54 Å². The lowest BCUT2D eigenvalue weighted by Gasteiger charge is -2.09. The van der Waals surface area contributed by atoms with Crippen molar-refractivity contribution in [1.82, 2.24) is 10.6 Å². The molecule has 0 radical (unpaired) electrons. The lowest BCUT2D eigenvalue weighted by Crippen LogP contribution is -2.45. The van der Waals surface area contributed by atoms with Crippen molar-refractivity contribution in [3.05, 3.63) is 12.7 Å². The Kier molecular flexibility index (Phi) is 6.53. The van der Waals surface area contributed by atoms with E-state index in [0.717, 1.165) is 0 Å². The Labute approximate surface area is 92.7 Å². The van der Waals surface area contributed by atoms with E-state index >= 15 is 0 Å². The zero-order chi connectivity index (χ0) is 12.6. The normalized spacial score (nSPS) is 11.3. The van der Waals surface area contributed by atoms with E-state index in [-0.39, 0.29) is 6.54 Å². The largest absolute Gasteiger partial charge is 0.480 e. The third-order valence-electron chi connectivity index (χ3n) is 1.62. The molecule has 0 rings (SSSR count). The predicted octanol–water partition coefficient (Wildman–Crippen LogP) is -1.79. The van der Waals surface area contributed by atoms with Gasteiger partial charge in [0.25, 0.3) is 0 Å². The third kappa shape index (κ3) is 6.55. The fourth-order valence-corrected chi connectivity index (χ4v) is 0.822. The summed E-state index contributed by atoms with van der Waals surface area (Å²) in [4.78, 5) is 32.3. The minimum Gasteiger partial charge on any atom is -0.480 e. The van der Waals surface area contributed by atoms with E-state index < -0.39 is 30.4 Å². The highest BCUT2D eigenvalue weighted by Crippen LogP contribution is 1.87. The molecule has 0 aliphatic heterocycles. The highest BCUT2D eigenvalue weighted by atomic mass is 16.4. The summed E-state index contributed by atoms with van der Waals surface area (Å²) in [5.41, 5.74) is 5.43. The fraction of sp³-hybridized carbons (Fsp3) is 0.444. The number of nitrogens with one attached hydrogen (secondary N) is 2. The van der Waals surface area contributed by atoms with Crippen molar-refractivity contribution in [3.8, 4) is 0 Å². The number of rotatable bonds is 7. The maximum Gasteiger partial charge on any atom is 0.322 e. The maximum absolute atomic E-state index is 11.2. The molecule has 0 bridgehead atoms. The summed E-state index contributed by atoms with van der Waals surface area (Å²) in [5.74, 6) is -2.21. The van der Waals surface area contributed by atoms with Gasteiger partial charge in [0, 0.05) is 0 Å². The van der Waals surface area contributed by atoms with Crippen molar-refractivity contribution in [2.24, 2.45) is 5.73 Å². The van der Waals surface area contributed by atoms with Crippen molar-refractivity contribution in [2.75, 3.05) is 13.1 Å². The van der Waals surface area contributed by atoms with E-state index in [1.165, 1.54) is 6.08 Å². The number of carbonyl (C=O) groups is 3. The van der Waals surface area contributed by atoms with Crippen LogP contribution < -0.4 is 16.4 Å². The quantitative estimate of drug-likeness (QED) is 0.384. The molecule has 0 aliphatic rings. The summed E-state index contributed by atoms with van der Waals surface area (Å²) in [5, 5.41) is 12.6. The molecule has 0 aromatic heterocycles. The average molecular weight is 229 g/mol. The number of carbonyl (C=O) groups excluding carboxylic acids is 2. The molecule has 0 aromatic rings. The molecule has 90 valence electrons. The summed E-state index contributed by atoms with van der Waals surface area (Å²) < 4.78 is 0. The van der Waals surface area contributed by atoms with Crippen LogP contribution in [0.5, 0.6) is 0 Å². The van der Waals surface area contributed by atoms with Crippen LogP contribution in [-0.4, -0.2) is 42.0 Å². The van der Waals surface area contributed by atoms with Gasteiger partial charge in [-0.05, 0) is 6.42 Å². The SMILES string of the molecule is C=CCC(N)C(=O)NCC(=O)NCC(=O)O. The van der Waals surface area contributed by atoms with Crippen LogP contribution in [0, 0.1) is 0 Å². The summed E-state index contributed by atoms with van der Waals surface area (Å²) >= 11 is 0. The van der Waals surface area contributed by atoms with Crippen molar-refractivity contribution >= 4 is 17.8 Å². The first-order valence-corrected chi connectivity index (χ1v) is 4.60. The van der Waals surface area contributed by atoms with Crippen LogP contribution >= 0.6 is 0 Å². The fourth-order valence-electron chi connectivity index (χ4n) is 0.822. The van der Waals surface area contributed by atoms with Gasteiger partial charge < -0.3 is 21.5 Å². The molecule has 2 amide bonds. The molecule has 0 saturated carbocycles. The number of hydrogen-bond donors (Lipinski definition) is 4. The Morgan fingerprint density at radius 3 is 2.44 bits per heavy atom. The van der Waals surface area contributed by atoms with E-state index in [2.05, 4.69) is 17.2 Å². The highest BCUT2D eigenvalue weighted by Gasteiger charge is 2.12. The molecular formula is C9H15N3O4. The summed E-state index contributed by atoms with van der Waals surface area (Å²) in [6, 6.07) is -0.746. The summed E-state index contributed by atoms with van der Waals surface area (Å²) in [7, 11) is 0. The van der Waals surface area contributed by atoms with Crippen LogP contribution in [0.1, 0.15) is 6.42 Å². The standard InChI is InChI=1S/C9H15N3O4/c1-2-3-6(10)9(16)12-4-7(13)11-5-8(14)15/h2,6H,1,3-5,10H2,(H,11,13)(H,12,16)(H,14,15). The zero-order valence-electron chi connectivity index (χ0n) is 8.73. The molecule has 16 heavy (non-hydrogen) atoms. The number of amides is 2. The van der Waals surface area contributed by atoms with Crippen molar-refractivity contribution < 1.29 is 19.5 Å². The van der Waals surface area contributed by atoms with Crippen LogP contribution in [0.4, 0.5) is 0 Å². The van der Waals surface area contributed by atoms with Crippen LogP contribution in [0.3, 0.4) is 0 Å². The molecule has 0 spiro atoms. The van der Waals surface area contributed by atoms with Crippen LogP contribution in [0.15, 0.2) is 12.7 Å². The number of carboxylic acids is 1. The second-order valence-electron chi connectivity index (χ2n) is 3.02. The Morgan fingerprint density at radius 2 is 1.94 bits per heavy atom. The first kappa shape index (κ1) is 14.1. The van der Waals surface area contributed by atoms with Crippen molar-refractivity contribution in [3.63, 3.8) is 0 Å². The number of nitrogens with two attached hydrogens (primary N) is 1. The number of hydrogen-bond acceptors (Lipinski definition) is 4. The second-order valence-corrected chi connectivity index (χ2v) is 3.02. The molecular weight excluding hydrogens is 214 g/mol. The van der Waals surface area contributed by atoms with Crippen LogP contribution in [0.25, 0.3) is 0 Å². The van der Waals surface area contributed by atoms with Gasteiger partial charge in [-0.15, -0.1) is 6.58 Å². The first-order valence-electron chi connectivity index (χ1n) is 4.60. The van der Waals surface area contributed by atoms with Gasteiger partial charge in [-0.25, -0.2) is 0 Å². The molecule has 0 heterocycles. The van der Waals surface area contributed by atoms with Crippen molar-refractivity contribution in [2.45, 2.75) is 12.5 Å². The molecule has 1 atom stereocenters. The van der Waals surface area contributed by atoms with E-state index in [0.29, 0.717) is 6.42 Å². The van der Waals surface area contributed by atoms with Gasteiger partial charge in [0.05, 0.1) is 12.6 Å². The van der Waals surface area contributed by atoms with E-state index in [4.69, 9.17) is 10.8 Å². The van der Waals surface area contributed by atoms with Gasteiger partial charge in [-0.1, -0.05) is 6.08 Å². The molecule has 0 saturated heterocycles. The molecule has 5 N–H and O–H groups in total. The minimum atomic E-state index is -1.15. The Morgan fingerprint density at radius 1 is 1.31 bits per heavy atom. The Hall–Kier alpha value is -1.89. The lowest BCUT2D eigenvalue weighted by atomic mass is 10.2. The first-order chi connectivity index (χ1) is 7.47. The van der Waals surface area contributed by atoms with Gasteiger partial charge >= 0.3 is 5.97 Å². The molecule has 7 heteroatoms. The zero-order valence-corrected chi connectivity index (χ0v) is 8.73. The number of aliphatic carboxylic acids is 1. The maximum atomic E-state index is 11.2. The van der Waals surface area contributed by atoms with E-state index in [1.54, 1.807) is 0 Å². The molecule has 1 unspecified atom stereocenters.